The van der Waals surface area contributed by atoms with Gasteiger partial charge >= 0.3 is 169 Å². The third-order valence-electron chi connectivity index (χ3n) is 0.706. The van der Waals surface area contributed by atoms with Gasteiger partial charge in [0, 0.05) is 0 Å². The topological polar surface area (TPSA) is 192 Å². The van der Waals surface area contributed by atoms with Crippen molar-refractivity contribution in [3.8, 4) is 0 Å². The molecule has 98 valence electrons. The standard InChI is InChI=1S/2H2O6PSi.Sr.2Zn/c2*1-7(2,3)6-8(4)5;;;/h2*(H2,1,2,3);;;/q2*-1;+2;2*+1/p-2. The first-order valence-electron chi connectivity index (χ1n) is 3.30. The van der Waals surface area contributed by atoms with Crippen LogP contribution in [-0.2, 0) is 70.5 Å². The first kappa shape index (κ1) is 26.2. The van der Waals surface area contributed by atoms with Gasteiger partial charge in [0.15, 0.2) is 0 Å². The van der Waals surface area contributed by atoms with Crippen molar-refractivity contribution >= 4 is 79.5 Å². The summed E-state index contributed by atoms with van der Waals surface area (Å²) < 4.78 is 54.3. The first-order valence-corrected chi connectivity index (χ1v) is 11.2. The van der Waals surface area contributed by atoms with Crippen molar-refractivity contribution < 1.29 is 89.9 Å². The van der Waals surface area contributed by atoms with E-state index in [9.17, 15) is 27.6 Å². The molecular formula is H2O12P2Si2SrZn2. The second-order valence-electron chi connectivity index (χ2n) is 1.88. The molecule has 2 atom stereocenters. The molecule has 0 rings (SSSR count). The zero-order chi connectivity index (χ0) is 15.0. The van der Waals surface area contributed by atoms with Crippen LogP contribution in [0.25, 0.3) is 0 Å². The average molecular weight is 531 g/mol. The number of hydrogen-bond acceptors (Lipinski definition) is 10. The van der Waals surface area contributed by atoms with Crippen molar-refractivity contribution in [3.63, 3.8) is 0 Å². The van der Waals surface area contributed by atoms with Crippen LogP contribution in [0.5, 0.6) is 0 Å². The van der Waals surface area contributed by atoms with E-state index in [1.165, 1.54) is 0 Å². The molecule has 0 aromatic heterocycles. The van der Waals surface area contributed by atoms with E-state index in [1.807, 2.05) is 0 Å². The molecule has 0 fully saturated rings. The summed E-state index contributed by atoms with van der Waals surface area (Å²) in [7, 11) is -15.8. The van der Waals surface area contributed by atoms with Crippen LogP contribution in [0.15, 0.2) is 0 Å². The van der Waals surface area contributed by atoms with Crippen LogP contribution in [0.3, 0.4) is 0 Å². The van der Waals surface area contributed by atoms with Crippen molar-refractivity contribution in [2.75, 3.05) is 0 Å². The van der Waals surface area contributed by atoms with Crippen LogP contribution >= 0.6 is 15.6 Å². The van der Waals surface area contributed by atoms with Crippen molar-refractivity contribution in [1.82, 2.24) is 0 Å². The van der Waals surface area contributed by atoms with Gasteiger partial charge < -0.3 is 0 Å². The maximum absolute atomic E-state index is 10.2. The molecule has 0 saturated carbocycles. The molecule has 0 aliphatic heterocycles. The Kier molecular flexibility index (Phi) is 17.6. The SMILES string of the molecule is O=[Si]([O-])OP(=O)(O)[O][Zn].O=[Si]([O-])OP(=O)(O)[O][Zn].[Sr+2]. The smallest absolute Gasteiger partial charge is 2.00 e. The second-order valence-corrected chi connectivity index (χ2v) is 9.98. The number of rotatable bonds is 6. The van der Waals surface area contributed by atoms with E-state index in [4.69, 9.17) is 9.79 Å². The van der Waals surface area contributed by atoms with Crippen LogP contribution < -0.4 is 9.59 Å². The van der Waals surface area contributed by atoms with Gasteiger partial charge in [-0.15, -0.1) is 0 Å². The van der Waals surface area contributed by atoms with E-state index in [0.717, 1.165) is 0 Å². The first-order chi connectivity index (χ1) is 7.95. The molecule has 0 aromatic carbocycles. The zero-order valence-corrected chi connectivity index (χ0v) is 22.2. The molecule has 0 spiro atoms. The summed E-state index contributed by atoms with van der Waals surface area (Å²) in [5.41, 5.74) is 0. The Morgan fingerprint density at radius 2 is 1.11 bits per heavy atom. The zero-order valence-electron chi connectivity index (χ0n) is 8.99. The molecule has 0 aliphatic carbocycles. The second kappa shape index (κ2) is 12.8. The average Bonchev–Trinajstić information content (AvgIpc) is 2.15. The summed E-state index contributed by atoms with van der Waals surface area (Å²) >= 11 is 0.0891. The van der Waals surface area contributed by atoms with Crippen LogP contribution in [0, 0.1) is 0 Å². The Morgan fingerprint density at radius 3 is 1.16 bits per heavy atom. The molecule has 2 N–H and O–H groups in total. The van der Waals surface area contributed by atoms with Gasteiger partial charge in [-0.2, -0.15) is 0 Å². The van der Waals surface area contributed by atoms with Gasteiger partial charge in [-0.25, -0.2) is 0 Å². The van der Waals surface area contributed by atoms with Gasteiger partial charge in [-0.3, -0.25) is 0 Å². The molecule has 0 radical (unpaired) electrons. The van der Waals surface area contributed by atoms with Gasteiger partial charge in [0.2, 0.25) is 0 Å². The van der Waals surface area contributed by atoms with Crippen molar-refractivity contribution in [1.29, 1.82) is 0 Å². The van der Waals surface area contributed by atoms with Crippen molar-refractivity contribution in [3.05, 3.63) is 0 Å². The number of phosphoric acid groups is 2. The molecule has 0 aromatic rings. The van der Waals surface area contributed by atoms with Gasteiger partial charge in [-0.05, 0) is 0 Å². The van der Waals surface area contributed by atoms with E-state index in [1.54, 1.807) is 0 Å². The van der Waals surface area contributed by atoms with E-state index < -0.39 is 34.0 Å². The molecule has 19 heteroatoms. The minimum Gasteiger partial charge on any atom is 2.00 e. The third kappa shape index (κ3) is 20.3. The van der Waals surface area contributed by atoms with E-state index >= 15 is 0 Å². The van der Waals surface area contributed by atoms with Gasteiger partial charge in [0.25, 0.3) is 0 Å². The Morgan fingerprint density at radius 1 is 0.895 bits per heavy atom. The minimum absolute atomic E-state index is 0. The Hall–Kier alpha value is 2.26. The van der Waals surface area contributed by atoms with Crippen LogP contribution in [0.1, 0.15) is 0 Å². The summed E-state index contributed by atoms with van der Waals surface area (Å²) in [4.78, 5) is 35.8. The molecule has 2 unspecified atom stereocenters. The number of hydrogen-bond donors (Lipinski definition) is 2. The molecule has 0 bridgehead atoms. The molecule has 0 aliphatic rings. The van der Waals surface area contributed by atoms with Crippen LogP contribution in [-0.4, -0.2) is 73.6 Å². The summed E-state index contributed by atoms with van der Waals surface area (Å²) in [6.07, 6.45) is 0. The molecule has 0 amide bonds. The molecule has 0 heterocycles. The summed E-state index contributed by atoms with van der Waals surface area (Å²) in [5.74, 6) is 0. The fourth-order valence-corrected chi connectivity index (χ4v) is 4.16. The normalized spacial score (nSPS) is 15.5. The van der Waals surface area contributed by atoms with E-state index in [-0.39, 0.29) is 82.8 Å². The molecule has 19 heavy (non-hydrogen) atoms. The fraction of sp³-hybridized carbons (Fsp3) is 0. The fourth-order valence-electron chi connectivity index (χ4n) is 0.241. The predicted molar refractivity (Wildman–Crippen MR) is 42.6 cm³/mol. The van der Waals surface area contributed by atoms with Gasteiger partial charge in [0.05, 0.1) is 0 Å². The molecule has 12 nitrogen and oxygen atoms in total. The maximum Gasteiger partial charge on any atom is 2.00 e. The van der Waals surface area contributed by atoms with Gasteiger partial charge in [-0.1, -0.05) is 0 Å². The maximum atomic E-state index is 10.2. The molecular weight excluding hydrogens is 529 g/mol. The van der Waals surface area contributed by atoms with Gasteiger partial charge in [0.1, 0.15) is 0 Å². The minimum atomic E-state index is -4.25. The van der Waals surface area contributed by atoms with Crippen LogP contribution in [0.4, 0.5) is 0 Å². The molecule has 0 saturated heterocycles. The Labute approximate surface area is 167 Å². The van der Waals surface area contributed by atoms with Crippen LogP contribution in [0.2, 0.25) is 0 Å². The van der Waals surface area contributed by atoms with E-state index in [2.05, 4.69) is 15.1 Å². The Bertz CT molecular complexity index is 348. The predicted octanol–water partition coefficient (Wildman–Crippen LogP) is -3.67. The van der Waals surface area contributed by atoms with E-state index in [0.29, 0.717) is 0 Å². The Balaban J connectivity index is -0.000000256. The quantitative estimate of drug-likeness (QED) is 0.253. The third-order valence-corrected chi connectivity index (χ3v) is 8.50. The monoisotopic (exact) mass is 528 g/mol. The van der Waals surface area contributed by atoms with Crippen molar-refractivity contribution in [2.45, 2.75) is 0 Å². The summed E-state index contributed by atoms with van der Waals surface area (Å²) in [6, 6.07) is 0. The summed E-state index contributed by atoms with van der Waals surface area (Å²) in [5, 5.41) is 0. The largest absolute Gasteiger partial charge is 2.00 e. The van der Waals surface area contributed by atoms with Crippen molar-refractivity contribution in [2.24, 2.45) is 0 Å². The summed E-state index contributed by atoms with van der Waals surface area (Å²) in [6.45, 7) is 0.